The molecule has 3 spiro atoms. The summed E-state index contributed by atoms with van der Waals surface area (Å²) in [6.07, 6.45) is 32.8. The number of piperidine rings is 2. The number of nitrogens with zero attached hydrogens (tertiary/aromatic N) is 13. The first-order valence-corrected chi connectivity index (χ1v) is 45.6. The number of fused-ring (bicyclic) bond motifs is 7. The molecule has 6 bridgehead atoms. The fraction of sp³-hybridized carbons (Fsp3) is 0.869. The fourth-order valence-electron chi connectivity index (χ4n) is 19.7. The van der Waals surface area contributed by atoms with E-state index in [2.05, 4.69) is 144 Å². The van der Waals surface area contributed by atoms with Gasteiger partial charge in [-0.2, -0.15) is 0 Å². The number of carbonyl (C=O) groups excluding carboxylic acids is 1. The topological polar surface area (TPSA) is 155 Å². The molecule has 17 aliphatic heterocycles. The van der Waals surface area contributed by atoms with Crippen molar-refractivity contribution in [3.8, 4) is 5.75 Å². The molecule has 5 atom stereocenters. The molecule has 1 amide bonds. The van der Waals surface area contributed by atoms with Crippen molar-refractivity contribution < 1.29 is 35.8 Å². The van der Waals surface area contributed by atoms with Crippen molar-refractivity contribution >= 4 is 25.6 Å². The molecule has 19 aliphatic rings. The first kappa shape index (κ1) is 88.3. The van der Waals surface area contributed by atoms with Crippen molar-refractivity contribution in [2.24, 2.45) is 16.7 Å². The summed E-state index contributed by atoms with van der Waals surface area (Å²) in [6.45, 7) is 34.3. The Bertz CT molecular complexity index is 3000. The highest BCUT2D eigenvalue weighted by molar-refractivity contribution is 7.94. The highest BCUT2D eigenvalue weighted by Gasteiger charge is 2.58. The van der Waals surface area contributed by atoms with E-state index in [4.69, 9.17) is 14.2 Å². The number of rotatable bonds is 2. The monoisotopic (exact) mass is 1540 g/mol. The van der Waals surface area contributed by atoms with Crippen molar-refractivity contribution in [3.05, 3.63) is 54.6 Å². The van der Waals surface area contributed by atoms with Crippen molar-refractivity contribution in [2.45, 2.75) is 208 Å². The Morgan fingerprint density at radius 1 is 0.449 bits per heavy atom. The van der Waals surface area contributed by atoms with Gasteiger partial charge in [0.15, 0.2) is 19.7 Å². The molecule has 0 N–H and O–H groups in total. The summed E-state index contributed by atoms with van der Waals surface area (Å²) in [5, 5.41) is 0. The van der Waals surface area contributed by atoms with Gasteiger partial charge in [-0.25, -0.2) is 16.8 Å². The molecule has 5 unspecified atom stereocenters. The minimum atomic E-state index is -2.67. The minimum Gasteiger partial charge on any atom is -0.488 e. The Balaban J connectivity index is 0.000000135. The van der Waals surface area contributed by atoms with Crippen molar-refractivity contribution in [2.75, 3.05) is 246 Å². The number of piperazine rings is 1. The third kappa shape index (κ3) is 27.5. The van der Waals surface area contributed by atoms with Crippen LogP contribution in [0.3, 0.4) is 0 Å². The summed E-state index contributed by atoms with van der Waals surface area (Å²) >= 11 is 0. The van der Waals surface area contributed by atoms with E-state index in [1.165, 1.54) is 185 Å². The van der Waals surface area contributed by atoms with Crippen LogP contribution in [0.2, 0.25) is 0 Å². The lowest BCUT2D eigenvalue weighted by Crippen LogP contribution is -2.70. The maximum absolute atomic E-state index is 11.2. The molecular weight excluding hydrogens is 1380 g/mol. The fourth-order valence-corrected chi connectivity index (χ4v) is 23.2. The Morgan fingerprint density at radius 2 is 0.981 bits per heavy atom. The smallest absolute Gasteiger partial charge is 0.222 e. The van der Waals surface area contributed by atoms with Crippen molar-refractivity contribution in [1.82, 2.24) is 63.7 Å². The third-order valence-corrected chi connectivity index (χ3v) is 31.0. The lowest BCUT2D eigenvalue weighted by molar-refractivity contribution is -0.130. The standard InChI is InChI=1S/C10H13NO.C10H19N.C9H15N.C8H14N2O.C7H13NO.2C7H13N.C6H11NO2S.C6H11N.C5H11NO.C5H11N.C4H9NO2S/c1-11-7-10(8-11)12-9-5-3-2-4-6-9;1-11-8-6-10(7-9-11)4-2-3-5-10;1-7-5-8-3-4-9(6-7)10(8)2;1-9-4-5-10-7(6-9)2-3-8(10)11;1-8-4-6-2-3-7(5-8)9-6;1-8-6-2-3-7(8)5-4-6;1-8-5-7(6-8)3-2-4-7;1-7-4-6(5-7)2-3-10(6,8)9;1-6-3-4-7(2)5-6;1-6-2-4-7-5-3-6;1-5-3-6(2)4-5;1-5-2-3-8(6,7)4-5/h2-6,10H,7-8H2,1H3;2-9H2,1H3;8-9H,1,3-6H2,2H3;7H,2-6H2,1H3;6-7H,2-5H2,1H3;6-7H,2-5H2,1H3;2-6H2,1H3;2-5H2,1H3;1,3-5H2,2H3;2-5H2,1H3;5H,3-4H2,1-2H3;2-4H2,1H3. The molecule has 17 saturated heterocycles. The van der Waals surface area contributed by atoms with Crippen LogP contribution in [0.1, 0.15) is 155 Å². The summed E-state index contributed by atoms with van der Waals surface area (Å²) in [6, 6.07) is 14.1. The predicted molar refractivity (Wildman–Crippen MR) is 440 cm³/mol. The van der Waals surface area contributed by atoms with Crippen LogP contribution in [0.25, 0.3) is 0 Å². The molecule has 614 valence electrons. The number of likely N-dealkylation sites (tertiary alicyclic amines) is 7. The number of amides is 1. The van der Waals surface area contributed by atoms with E-state index in [0.717, 1.165) is 158 Å². The number of para-hydroxylation sites is 1. The maximum Gasteiger partial charge on any atom is 0.222 e. The number of sulfone groups is 2. The zero-order valence-electron chi connectivity index (χ0n) is 69.8. The molecule has 0 radical (unpaired) electrons. The van der Waals surface area contributed by atoms with E-state index in [-0.39, 0.29) is 10.6 Å². The summed E-state index contributed by atoms with van der Waals surface area (Å²) in [4.78, 5) is 40.9. The zero-order chi connectivity index (χ0) is 77.1. The highest BCUT2D eigenvalue weighted by atomic mass is 32.2. The van der Waals surface area contributed by atoms with Gasteiger partial charge in [-0.3, -0.25) is 19.5 Å². The second-order valence-corrected chi connectivity index (χ2v) is 41.6. The molecule has 23 heteroatoms. The second kappa shape index (κ2) is 41.6. The minimum absolute atomic E-state index is 0.243. The maximum atomic E-state index is 11.2. The van der Waals surface area contributed by atoms with Gasteiger partial charge in [0.25, 0.3) is 0 Å². The lowest BCUT2D eigenvalue weighted by atomic mass is 9.64. The van der Waals surface area contributed by atoms with Gasteiger partial charge in [0, 0.05) is 154 Å². The number of ether oxygens (including phenoxy) is 3. The number of morpholine rings is 2. The second-order valence-electron chi connectivity index (χ2n) is 36.9. The van der Waals surface area contributed by atoms with Crippen LogP contribution in [0, 0.1) is 16.7 Å². The molecule has 107 heavy (non-hydrogen) atoms. The van der Waals surface area contributed by atoms with Crippen LogP contribution in [-0.2, 0) is 33.9 Å². The number of hydrogen-bond acceptors (Lipinski definition) is 20. The Kier molecular flexibility index (Phi) is 34.3. The van der Waals surface area contributed by atoms with Gasteiger partial charge in [-0.1, -0.05) is 68.7 Å². The van der Waals surface area contributed by atoms with Crippen LogP contribution >= 0.6 is 0 Å². The highest BCUT2D eigenvalue weighted by Crippen LogP contribution is 2.48. The first-order valence-electron chi connectivity index (χ1n) is 42.2. The van der Waals surface area contributed by atoms with E-state index in [1.54, 1.807) is 4.90 Å². The number of hydrogen-bond donors (Lipinski definition) is 0. The first-order chi connectivity index (χ1) is 50.8. The molecule has 17 heterocycles. The van der Waals surface area contributed by atoms with E-state index in [9.17, 15) is 21.6 Å². The van der Waals surface area contributed by atoms with Gasteiger partial charge in [0.1, 0.15) is 17.7 Å². The zero-order valence-corrected chi connectivity index (χ0v) is 71.5. The average molecular weight is 1540 g/mol. The van der Waals surface area contributed by atoms with Crippen molar-refractivity contribution in [3.63, 3.8) is 0 Å². The molecule has 1 aromatic rings. The average Bonchev–Trinajstić information content (AvgIpc) is 0.816. The van der Waals surface area contributed by atoms with E-state index in [1.807, 2.05) is 49.3 Å². The molecule has 2 saturated carbocycles. The quantitative estimate of drug-likeness (QED) is 0.260. The van der Waals surface area contributed by atoms with Crippen LogP contribution < -0.4 is 4.74 Å². The van der Waals surface area contributed by atoms with Crippen molar-refractivity contribution in [1.29, 1.82) is 0 Å². The number of benzene rings is 1. The largest absolute Gasteiger partial charge is 0.488 e. The Labute approximate surface area is 652 Å². The Morgan fingerprint density at radius 3 is 1.35 bits per heavy atom. The van der Waals surface area contributed by atoms with Crippen LogP contribution in [0.4, 0.5) is 0 Å². The number of likely N-dealkylation sites (N-methyl/N-ethyl adjacent to an activating group) is 5. The predicted octanol–water partition coefficient (Wildman–Crippen LogP) is 8.39. The summed E-state index contributed by atoms with van der Waals surface area (Å²) in [7, 11) is 20.2. The normalized spacial score (nSPS) is 32.3. The van der Waals surface area contributed by atoms with E-state index in [0.29, 0.717) is 48.3 Å². The molecular formula is C84H153N13O8S2. The molecule has 19 fully saturated rings. The van der Waals surface area contributed by atoms with E-state index < -0.39 is 19.7 Å². The van der Waals surface area contributed by atoms with Gasteiger partial charge in [0.2, 0.25) is 5.91 Å². The van der Waals surface area contributed by atoms with Gasteiger partial charge in [-0.05, 0) is 249 Å². The Hall–Kier alpha value is -2.69. The number of carbonyl (C=O) groups is 1. The van der Waals surface area contributed by atoms with Gasteiger partial charge in [0.05, 0.1) is 41.7 Å². The molecule has 21 nitrogen and oxygen atoms in total. The van der Waals surface area contributed by atoms with Gasteiger partial charge in [-0.15, -0.1) is 0 Å². The van der Waals surface area contributed by atoms with Crippen LogP contribution in [-0.4, -0.2) is 386 Å². The molecule has 0 aromatic heterocycles. The third-order valence-electron chi connectivity index (χ3n) is 26.8. The molecule has 2 aliphatic carbocycles. The SMILES string of the molecule is C=C1CC2CCC(C1)N2C.C=C1CCN(C)C1.CC1CN(C)C1.CN1C2CCC1CC2.CN1CC(Oc2ccccc2)C1.CN1CC2(CCC2)C1.CN1CC2(CCS2(=O)=O)C1.CN1CC2CCC(C1)O2.CN1CCC2(CCCC2)CC1.CN1CCN2C(=O)CCC2C1.CN1CCOCC1.CN1CCS(=O)(=O)C1. The molecule has 1 aromatic carbocycles. The van der Waals surface area contributed by atoms with Gasteiger partial charge >= 0.3 is 0 Å². The molecule has 20 rings (SSSR count). The van der Waals surface area contributed by atoms with Crippen LogP contribution in [0.15, 0.2) is 54.6 Å². The van der Waals surface area contributed by atoms with Crippen LogP contribution in [0.5, 0.6) is 5.75 Å². The summed E-state index contributed by atoms with van der Waals surface area (Å²) in [5.41, 5.74) is 4.51. The summed E-state index contributed by atoms with van der Waals surface area (Å²) in [5.74, 6) is 3.31. The van der Waals surface area contributed by atoms with E-state index >= 15 is 0 Å². The lowest BCUT2D eigenvalue weighted by Gasteiger charge is -2.54. The van der Waals surface area contributed by atoms with Gasteiger partial charge < -0.3 is 63.2 Å². The summed E-state index contributed by atoms with van der Waals surface area (Å²) < 4.78 is 59.6.